The topological polar surface area (TPSA) is 64.7 Å². The van der Waals surface area contributed by atoms with E-state index in [2.05, 4.69) is 58.7 Å². The molecule has 0 bridgehead atoms. The maximum Gasteiger partial charge on any atom is 0.313 e. The van der Waals surface area contributed by atoms with Gasteiger partial charge in [0.1, 0.15) is 0 Å². The van der Waals surface area contributed by atoms with Crippen molar-refractivity contribution in [3.63, 3.8) is 0 Å². The van der Waals surface area contributed by atoms with E-state index in [1.165, 1.54) is 5.56 Å². The third-order valence-corrected chi connectivity index (χ3v) is 5.75. The van der Waals surface area contributed by atoms with E-state index in [1.807, 2.05) is 31.2 Å². The molecule has 2 aromatic carbocycles. The Bertz CT molecular complexity index is 858. The molecule has 160 valence electrons. The van der Waals surface area contributed by atoms with Gasteiger partial charge in [-0.15, -0.1) is 0 Å². The Morgan fingerprint density at radius 1 is 0.967 bits per heavy atom. The molecule has 1 atom stereocenters. The Balaban J connectivity index is 1.66. The van der Waals surface area contributed by atoms with Crippen LogP contribution in [0.25, 0.3) is 0 Å². The summed E-state index contributed by atoms with van der Waals surface area (Å²) in [7, 11) is 2.12. The Kier molecular flexibility index (Phi) is 7.60. The molecule has 0 radical (unpaired) electrons. The smallest absolute Gasteiger partial charge is 0.313 e. The van der Waals surface area contributed by atoms with Crippen LogP contribution in [0.3, 0.4) is 0 Å². The molecule has 0 aromatic heterocycles. The third-order valence-electron chi connectivity index (χ3n) is 5.75. The van der Waals surface area contributed by atoms with Crippen molar-refractivity contribution in [3.05, 3.63) is 65.2 Å². The van der Waals surface area contributed by atoms with Crippen LogP contribution in [0.4, 0.5) is 5.69 Å². The van der Waals surface area contributed by atoms with Crippen molar-refractivity contribution in [2.75, 3.05) is 45.1 Å². The SMILES string of the molecule is CCc1ccccc1NC(=O)C(=O)NC[C@@H](c1ccc(C)cc1)N1CCN(C)CC1. The number of hydrogen-bond acceptors (Lipinski definition) is 4. The van der Waals surface area contributed by atoms with Crippen molar-refractivity contribution in [1.82, 2.24) is 15.1 Å². The molecule has 3 rings (SSSR count). The highest BCUT2D eigenvalue weighted by atomic mass is 16.2. The Morgan fingerprint density at radius 3 is 2.30 bits per heavy atom. The van der Waals surface area contributed by atoms with Crippen LogP contribution in [0.15, 0.2) is 48.5 Å². The van der Waals surface area contributed by atoms with Gasteiger partial charge in [-0.3, -0.25) is 14.5 Å². The number of hydrogen-bond donors (Lipinski definition) is 2. The number of benzene rings is 2. The lowest BCUT2D eigenvalue weighted by Gasteiger charge is -2.38. The molecule has 0 unspecified atom stereocenters. The Labute approximate surface area is 179 Å². The average molecular weight is 409 g/mol. The van der Waals surface area contributed by atoms with Crippen LogP contribution in [0.1, 0.15) is 29.7 Å². The minimum atomic E-state index is -0.628. The molecule has 1 fully saturated rings. The summed E-state index contributed by atoms with van der Waals surface area (Å²) in [6, 6.07) is 16.0. The number of carbonyl (C=O) groups excluding carboxylic acids is 2. The molecule has 1 aliphatic rings. The van der Waals surface area contributed by atoms with Gasteiger partial charge in [0.05, 0.1) is 6.04 Å². The van der Waals surface area contributed by atoms with Crippen molar-refractivity contribution in [2.45, 2.75) is 26.3 Å². The van der Waals surface area contributed by atoms with Gasteiger partial charge in [-0.1, -0.05) is 55.0 Å². The van der Waals surface area contributed by atoms with Crippen LogP contribution >= 0.6 is 0 Å². The summed E-state index contributed by atoms with van der Waals surface area (Å²) >= 11 is 0. The molecule has 2 N–H and O–H groups in total. The first-order chi connectivity index (χ1) is 14.5. The third kappa shape index (κ3) is 5.68. The maximum absolute atomic E-state index is 12.5. The van der Waals surface area contributed by atoms with E-state index in [4.69, 9.17) is 0 Å². The second-order valence-corrected chi connectivity index (χ2v) is 7.94. The van der Waals surface area contributed by atoms with E-state index < -0.39 is 11.8 Å². The fourth-order valence-electron chi connectivity index (χ4n) is 3.78. The minimum absolute atomic E-state index is 0.0407. The number of amides is 2. The second-order valence-electron chi connectivity index (χ2n) is 7.94. The number of nitrogens with zero attached hydrogens (tertiary/aromatic N) is 2. The predicted molar refractivity (Wildman–Crippen MR) is 120 cm³/mol. The quantitative estimate of drug-likeness (QED) is 0.721. The van der Waals surface area contributed by atoms with Gasteiger partial charge in [-0.25, -0.2) is 0 Å². The summed E-state index contributed by atoms with van der Waals surface area (Å²) in [5.74, 6) is -1.23. The zero-order chi connectivity index (χ0) is 21.5. The maximum atomic E-state index is 12.5. The van der Waals surface area contributed by atoms with Crippen LogP contribution in [-0.2, 0) is 16.0 Å². The van der Waals surface area contributed by atoms with Crippen LogP contribution < -0.4 is 10.6 Å². The molecular formula is C24H32N4O2. The number of anilines is 1. The largest absolute Gasteiger partial charge is 0.346 e. The van der Waals surface area contributed by atoms with E-state index in [0.717, 1.165) is 43.7 Å². The van der Waals surface area contributed by atoms with E-state index >= 15 is 0 Å². The van der Waals surface area contributed by atoms with Crippen molar-refractivity contribution < 1.29 is 9.59 Å². The first kappa shape index (κ1) is 22.0. The molecule has 2 aromatic rings. The van der Waals surface area contributed by atoms with Gasteiger partial charge in [-0.2, -0.15) is 0 Å². The summed E-state index contributed by atoms with van der Waals surface area (Å²) in [6.07, 6.45) is 0.789. The zero-order valence-corrected chi connectivity index (χ0v) is 18.1. The van der Waals surface area contributed by atoms with Gasteiger partial charge < -0.3 is 15.5 Å². The summed E-state index contributed by atoms with van der Waals surface area (Å²) < 4.78 is 0. The molecule has 0 aliphatic carbocycles. The lowest BCUT2D eigenvalue weighted by Crippen LogP contribution is -2.49. The van der Waals surface area contributed by atoms with Crippen molar-refractivity contribution in [1.29, 1.82) is 0 Å². The molecule has 1 aliphatic heterocycles. The number of aryl methyl sites for hydroxylation is 2. The minimum Gasteiger partial charge on any atom is -0.346 e. The highest BCUT2D eigenvalue weighted by molar-refractivity contribution is 6.39. The number of piperazine rings is 1. The van der Waals surface area contributed by atoms with Gasteiger partial charge in [0.25, 0.3) is 0 Å². The van der Waals surface area contributed by atoms with Crippen LogP contribution in [0, 0.1) is 6.92 Å². The number of nitrogens with one attached hydrogen (secondary N) is 2. The number of para-hydroxylation sites is 1. The lowest BCUT2D eigenvalue weighted by molar-refractivity contribution is -0.136. The highest BCUT2D eigenvalue weighted by Gasteiger charge is 2.25. The summed E-state index contributed by atoms with van der Waals surface area (Å²) in [6.45, 7) is 8.33. The van der Waals surface area contributed by atoms with E-state index in [-0.39, 0.29) is 6.04 Å². The van der Waals surface area contributed by atoms with Crippen LogP contribution in [0.2, 0.25) is 0 Å². The summed E-state index contributed by atoms with van der Waals surface area (Å²) in [5, 5.41) is 5.60. The lowest BCUT2D eigenvalue weighted by atomic mass is 10.0. The fourth-order valence-corrected chi connectivity index (χ4v) is 3.78. The molecule has 30 heavy (non-hydrogen) atoms. The van der Waals surface area contributed by atoms with E-state index in [1.54, 1.807) is 0 Å². The fraction of sp³-hybridized carbons (Fsp3) is 0.417. The van der Waals surface area contributed by atoms with Crippen molar-refractivity contribution in [3.8, 4) is 0 Å². The average Bonchev–Trinajstić information content (AvgIpc) is 2.76. The normalized spacial score (nSPS) is 16.1. The first-order valence-corrected chi connectivity index (χ1v) is 10.6. The standard InChI is InChI=1S/C24H32N4O2/c1-4-19-7-5-6-8-21(19)26-24(30)23(29)25-17-22(20-11-9-18(2)10-12-20)28-15-13-27(3)14-16-28/h5-12,22H,4,13-17H2,1-3H3,(H,25,29)(H,26,30)/t22-/m0/s1. The molecule has 2 amide bonds. The number of carbonyl (C=O) groups is 2. The molecule has 6 heteroatoms. The molecule has 1 heterocycles. The van der Waals surface area contributed by atoms with Gasteiger partial charge in [0.15, 0.2) is 0 Å². The molecular weight excluding hydrogens is 376 g/mol. The monoisotopic (exact) mass is 408 g/mol. The second kappa shape index (κ2) is 10.4. The number of likely N-dealkylation sites (N-methyl/N-ethyl adjacent to an activating group) is 1. The molecule has 1 saturated heterocycles. The van der Waals surface area contributed by atoms with Gasteiger partial charge in [0.2, 0.25) is 0 Å². The molecule has 0 saturated carbocycles. The molecule has 0 spiro atoms. The van der Waals surface area contributed by atoms with E-state index in [9.17, 15) is 9.59 Å². The van der Waals surface area contributed by atoms with Gasteiger partial charge in [-0.05, 0) is 37.6 Å². The van der Waals surface area contributed by atoms with Crippen molar-refractivity contribution in [2.24, 2.45) is 0 Å². The van der Waals surface area contributed by atoms with Crippen molar-refractivity contribution >= 4 is 17.5 Å². The highest BCUT2D eigenvalue weighted by Crippen LogP contribution is 2.22. The first-order valence-electron chi connectivity index (χ1n) is 10.6. The summed E-state index contributed by atoms with van der Waals surface area (Å²) in [5.41, 5.74) is 4.05. The predicted octanol–water partition coefficient (Wildman–Crippen LogP) is 2.60. The Morgan fingerprint density at radius 2 is 1.63 bits per heavy atom. The zero-order valence-electron chi connectivity index (χ0n) is 18.1. The van der Waals surface area contributed by atoms with Gasteiger partial charge in [0, 0.05) is 38.4 Å². The summed E-state index contributed by atoms with van der Waals surface area (Å²) in [4.78, 5) is 29.7. The molecule has 6 nitrogen and oxygen atoms in total. The van der Waals surface area contributed by atoms with Crippen LogP contribution in [-0.4, -0.2) is 61.4 Å². The van der Waals surface area contributed by atoms with E-state index in [0.29, 0.717) is 12.2 Å². The van der Waals surface area contributed by atoms with Gasteiger partial charge >= 0.3 is 11.8 Å². The van der Waals surface area contributed by atoms with Crippen LogP contribution in [0.5, 0.6) is 0 Å². The number of rotatable bonds is 6. The Hall–Kier alpha value is -2.70.